The highest BCUT2D eigenvalue weighted by Crippen LogP contribution is 2.20. The molecule has 0 unspecified atom stereocenters. The molecule has 0 fully saturated rings. The van der Waals surface area contributed by atoms with Crippen molar-refractivity contribution >= 4 is 16.5 Å². The molecule has 0 aliphatic heterocycles. The van der Waals surface area contributed by atoms with E-state index in [0.29, 0.717) is 6.61 Å². The number of nitrogens with one attached hydrogen (secondary N) is 1. The number of thiazole rings is 1. The first-order chi connectivity index (χ1) is 8.78. The molecule has 18 heavy (non-hydrogen) atoms. The quantitative estimate of drug-likeness (QED) is 0.858. The number of nitrogens with zero attached hydrogens (tertiary/aromatic N) is 1. The van der Waals surface area contributed by atoms with Gasteiger partial charge in [0.2, 0.25) is 0 Å². The number of anilines is 1. The summed E-state index contributed by atoms with van der Waals surface area (Å²) in [6, 6.07) is 8.08. The maximum absolute atomic E-state index is 5.73. The van der Waals surface area contributed by atoms with Crippen LogP contribution < -0.4 is 10.1 Å². The Hall–Kier alpha value is -1.55. The number of ether oxygens (including phenoxy) is 1. The minimum Gasteiger partial charge on any atom is -0.488 e. The second-order valence-corrected chi connectivity index (χ2v) is 5.28. The summed E-state index contributed by atoms with van der Waals surface area (Å²) in [5.41, 5.74) is 1.21. The largest absolute Gasteiger partial charge is 0.488 e. The standard InChI is InChI=1S/C14H18N2OS/c1-3-7-15-14-16-9-13(18-14)10-17-12-6-4-5-11(2)8-12/h4-6,8-9H,3,7,10H2,1-2H3,(H,15,16). The second-order valence-electron chi connectivity index (χ2n) is 4.16. The van der Waals surface area contributed by atoms with Gasteiger partial charge < -0.3 is 10.1 Å². The summed E-state index contributed by atoms with van der Waals surface area (Å²) >= 11 is 1.65. The number of rotatable bonds is 6. The lowest BCUT2D eigenvalue weighted by atomic mass is 10.2. The summed E-state index contributed by atoms with van der Waals surface area (Å²) < 4.78 is 5.73. The molecule has 0 bridgehead atoms. The van der Waals surface area contributed by atoms with Gasteiger partial charge in [-0.3, -0.25) is 0 Å². The van der Waals surface area contributed by atoms with Gasteiger partial charge in [0.15, 0.2) is 5.13 Å². The monoisotopic (exact) mass is 262 g/mol. The summed E-state index contributed by atoms with van der Waals surface area (Å²) in [7, 11) is 0. The fourth-order valence-corrected chi connectivity index (χ4v) is 2.30. The third-order valence-corrected chi connectivity index (χ3v) is 3.38. The summed E-state index contributed by atoms with van der Waals surface area (Å²) in [4.78, 5) is 5.45. The Morgan fingerprint density at radius 3 is 3.06 bits per heavy atom. The average molecular weight is 262 g/mol. The van der Waals surface area contributed by atoms with Crippen molar-refractivity contribution in [2.75, 3.05) is 11.9 Å². The fourth-order valence-electron chi connectivity index (χ4n) is 1.55. The van der Waals surface area contributed by atoms with Crippen LogP contribution in [0, 0.1) is 6.92 Å². The van der Waals surface area contributed by atoms with E-state index in [1.807, 2.05) is 24.4 Å². The smallest absolute Gasteiger partial charge is 0.182 e. The van der Waals surface area contributed by atoms with Gasteiger partial charge in [0.05, 0.1) is 4.88 Å². The van der Waals surface area contributed by atoms with Crippen LogP contribution in [0.4, 0.5) is 5.13 Å². The second kappa shape index (κ2) is 6.40. The van der Waals surface area contributed by atoms with E-state index in [4.69, 9.17) is 4.74 Å². The molecule has 0 radical (unpaired) electrons. The average Bonchev–Trinajstić information content (AvgIpc) is 2.82. The van der Waals surface area contributed by atoms with Crippen LogP contribution in [0.5, 0.6) is 5.75 Å². The first-order valence-electron chi connectivity index (χ1n) is 6.16. The van der Waals surface area contributed by atoms with Gasteiger partial charge in [0.25, 0.3) is 0 Å². The van der Waals surface area contributed by atoms with Crippen molar-refractivity contribution in [3.63, 3.8) is 0 Å². The summed E-state index contributed by atoms with van der Waals surface area (Å²) in [5, 5.41) is 4.25. The predicted octanol–water partition coefficient (Wildman–Crippen LogP) is 3.85. The fraction of sp³-hybridized carbons (Fsp3) is 0.357. The van der Waals surface area contributed by atoms with Gasteiger partial charge in [0, 0.05) is 12.7 Å². The van der Waals surface area contributed by atoms with Gasteiger partial charge in [-0.25, -0.2) is 4.98 Å². The molecule has 0 aliphatic carbocycles. The summed E-state index contributed by atoms with van der Waals surface area (Å²) in [6.45, 7) is 5.75. The Kier molecular flexibility index (Phi) is 4.59. The number of benzene rings is 1. The van der Waals surface area contributed by atoms with Crippen LogP contribution in [-0.4, -0.2) is 11.5 Å². The van der Waals surface area contributed by atoms with Crippen molar-refractivity contribution in [2.24, 2.45) is 0 Å². The Bertz CT molecular complexity index is 496. The Balaban J connectivity index is 1.88. The molecule has 1 N–H and O–H groups in total. The predicted molar refractivity (Wildman–Crippen MR) is 76.4 cm³/mol. The summed E-state index contributed by atoms with van der Waals surface area (Å²) in [6.07, 6.45) is 2.98. The molecular formula is C14H18N2OS. The van der Waals surface area contributed by atoms with Crippen LogP contribution in [-0.2, 0) is 6.61 Å². The zero-order valence-corrected chi connectivity index (χ0v) is 11.6. The molecule has 0 amide bonds. The maximum atomic E-state index is 5.73. The lowest BCUT2D eigenvalue weighted by Crippen LogP contribution is -1.97. The molecule has 0 atom stereocenters. The van der Waals surface area contributed by atoms with Crippen LogP contribution in [0.25, 0.3) is 0 Å². The van der Waals surface area contributed by atoms with Crippen molar-refractivity contribution < 1.29 is 4.74 Å². The number of hydrogen-bond donors (Lipinski definition) is 1. The van der Waals surface area contributed by atoms with Gasteiger partial charge in [-0.2, -0.15) is 0 Å². The van der Waals surface area contributed by atoms with E-state index in [2.05, 4.69) is 30.2 Å². The van der Waals surface area contributed by atoms with Crippen molar-refractivity contribution in [1.82, 2.24) is 4.98 Å². The summed E-state index contributed by atoms with van der Waals surface area (Å²) in [5.74, 6) is 0.909. The van der Waals surface area contributed by atoms with Crippen molar-refractivity contribution in [1.29, 1.82) is 0 Å². The molecule has 96 valence electrons. The van der Waals surface area contributed by atoms with Crippen LogP contribution in [0.15, 0.2) is 30.5 Å². The van der Waals surface area contributed by atoms with Crippen LogP contribution >= 0.6 is 11.3 Å². The van der Waals surface area contributed by atoms with Crippen LogP contribution in [0.3, 0.4) is 0 Å². The minimum atomic E-state index is 0.578. The maximum Gasteiger partial charge on any atom is 0.182 e. The van der Waals surface area contributed by atoms with Crippen molar-refractivity contribution in [3.05, 3.63) is 40.9 Å². The highest BCUT2D eigenvalue weighted by atomic mass is 32.1. The van der Waals surface area contributed by atoms with E-state index >= 15 is 0 Å². The molecule has 4 heteroatoms. The van der Waals surface area contributed by atoms with Gasteiger partial charge in [-0.15, -0.1) is 0 Å². The molecule has 0 saturated carbocycles. The van der Waals surface area contributed by atoms with Crippen LogP contribution in [0.2, 0.25) is 0 Å². The van der Waals surface area contributed by atoms with E-state index in [1.165, 1.54) is 5.56 Å². The van der Waals surface area contributed by atoms with E-state index in [0.717, 1.165) is 28.7 Å². The van der Waals surface area contributed by atoms with Crippen molar-refractivity contribution in [2.45, 2.75) is 26.9 Å². The highest BCUT2D eigenvalue weighted by molar-refractivity contribution is 7.15. The van der Waals surface area contributed by atoms with E-state index < -0.39 is 0 Å². The van der Waals surface area contributed by atoms with E-state index in [9.17, 15) is 0 Å². The molecule has 0 aliphatic rings. The SMILES string of the molecule is CCCNc1ncc(COc2cccc(C)c2)s1. The molecule has 2 rings (SSSR count). The molecule has 1 aromatic carbocycles. The van der Waals surface area contributed by atoms with Gasteiger partial charge in [-0.1, -0.05) is 30.4 Å². The molecular weight excluding hydrogens is 244 g/mol. The van der Waals surface area contributed by atoms with Gasteiger partial charge >= 0.3 is 0 Å². The molecule has 3 nitrogen and oxygen atoms in total. The van der Waals surface area contributed by atoms with Gasteiger partial charge in [0.1, 0.15) is 12.4 Å². The minimum absolute atomic E-state index is 0.578. The lowest BCUT2D eigenvalue weighted by molar-refractivity contribution is 0.309. The molecule has 0 spiro atoms. The van der Waals surface area contributed by atoms with Crippen LogP contribution in [0.1, 0.15) is 23.8 Å². The Labute approximate surface area is 112 Å². The number of aryl methyl sites for hydroxylation is 1. The molecule has 2 aromatic rings. The van der Waals surface area contributed by atoms with Gasteiger partial charge in [-0.05, 0) is 31.0 Å². The molecule has 1 aromatic heterocycles. The van der Waals surface area contributed by atoms with Crippen molar-refractivity contribution in [3.8, 4) is 5.75 Å². The zero-order valence-electron chi connectivity index (χ0n) is 10.8. The van der Waals surface area contributed by atoms with E-state index in [1.54, 1.807) is 11.3 Å². The number of aromatic nitrogens is 1. The first-order valence-corrected chi connectivity index (χ1v) is 6.97. The van der Waals surface area contributed by atoms with E-state index in [-0.39, 0.29) is 0 Å². The Morgan fingerprint density at radius 1 is 1.39 bits per heavy atom. The topological polar surface area (TPSA) is 34.2 Å². The third kappa shape index (κ3) is 3.74. The first kappa shape index (κ1) is 12.9. The Morgan fingerprint density at radius 2 is 2.28 bits per heavy atom. The lowest BCUT2D eigenvalue weighted by Gasteiger charge is -2.04. The number of hydrogen-bond acceptors (Lipinski definition) is 4. The zero-order chi connectivity index (χ0) is 12.8. The highest BCUT2D eigenvalue weighted by Gasteiger charge is 2.02. The third-order valence-electron chi connectivity index (χ3n) is 2.45. The molecule has 1 heterocycles. The normalized spacial score (nSPS) is 10.3. The molecule has 0 saturated heterocycles.